The molecule has 1 aliphatic heterocycles. The minimum absolute atomic E-state index is 0.00325. The number of aryl methyl sites for hydroxylation is 1. The van der Waals surface area contributed by atoms with Crippen molar-refractivity contribution in [3.8, 4) is 11.3 Å². The first-order valence-corrected chi connectivity index (χ1v) is 15.7. The van der Waals surface area contributed by atoms with E-state index in [1.54, 1.807) is 24.0 Å². The Kier molecular flexibility index (Phi) is 7.52. The Bertz CT molecular complexity index is 1790. The monoisotopic (exact) mass is 675 g/mol. The highest BCUT2D eigenvalue weighted by Gasteiger charge is 2.60. The lowest BCUT2D eigenvalue weighted by molar-refractivity contribution is -0.141. The number of fused-ring (bicyclic) bond motifs is 1. The molecule has 2 aromatic heterocycles. The molecular formula is C31H34F5N9O3. The van der Waals surface area contributed by atoms with Crippen molar-refractivity contribution in [1.82, 2.24) is 34.9 Å². The van der Waals surface area contributed by atoms with E-state index in [-0.39, 0.29) is 53.4 Å². The third-order valence-corrected chi connectivity index (χ3v) is 9.97. The molecule has 0 radical (unpaired) electrons. The second-order valence-corrected chi connectivity index (χ2v) is 13.2. The highest BCUT2D eigenvalue weighted by atomic mass is 19.4. The van der Waals surface area contributed by atoms with Crippen LogP contribution < -0.4 is 21.7 Å². The topological polar surface area (TPSA) is 152 Å². The summed E-state index contributed by atoms with van der Waals surface area (Å²) in [5.41, 5.74) is 5.41. The quantitative estimate of drug-likeness (QED) is 0.281. The van der Waals surface area contributed by atoms with E-state index in [4.69, 9.17) is 5.73 Å². The van der Waals surface area contributed by atoms with Crippen LogP contribution in [0.4, 0.5) is 32.4 Å². The lowest BCUT2D eigenvalue weighted by Crippen LogP contribution is -2.50. The van der Waals surface area contributed by atoms with E-state index in [9.17, 15) is 36.3 Å². The van der Waals surface area contributed by atoms with E-state index < -0.39 is 41.7 Å². The van der Waals surface area contributed by atoms with Crippen molar-refractivity contribution in [2.45, 2.75) is 68.9 Å². The zero-order valence-electron chi connectivity index (χ0n) is 26.0. The van der Waals surface area contributed by atoms with Crippen LogP contribution in [0.1, 0.15) is 64.0 Å². The number of nitrogens with two attached hydrogens (primary N) is 1. The van der Waals surface area contributed by atoms with E-state index in [0.717, 1.165) is 36.2 Å². The predicted octanol–water partition coefficient (Wildman–Crippen LogP) is 3.69. The van der Waals surface area contributed by atoms with Crippen LogP contribution in [0.3, 0.4) is 0 Å². The Morgan fingerprint density at radius 3 is 2.38 bits per heavy atom. The maximum absolute atomic E-state index is 13.8. The van der Waals surface area contributed by atoms with Crippen LogP contribution in [0.2, 0.25) is 0 Å². The second kappa shape index (κ2) is 11.3. The van der Waals surface area contributed by atoms with Crippen LogP contribution in [0.5, 0.6) is 0 Å². The minimum Gasteiger partial charge on any atom is -0.349 e. The van der Waals surface area contributed by atoms with E-state index in [2.05, 4.69) is 26.0 Å². The molecule has 256 valence electrons. The summed E-state index contributed by atoms with van der Waals surface area (Å²) in [7, 11) is 1.34. The number of likely N-dealkylation sites (tertiary alicyclic amines) is 1. The number of alkyl halides is 5. The molecule has 4 aliphatic rings. The van der Waals surface area contributed by atoms with Crippen LogP contribution in [0.15, 0.2) is 30.6 Å². The molecule has 3 aliphatic carbocycles. The van der Waals surface area contributed by atoms with Crippen LogP contribution in [0, 0.1) is 18.8 Å². The largest absolute Gasteiger partial charge is 0.435 e. The Morgan fingerprint density at radius 2 is 1.77 bits per heavy atom. The number of benzene rings is 1. The van der Waals surface area contributed by atoms with Crippen molar-refractivity contribution in [1.29, 1.82) is 0 Å². The van der Waals surface area contributed by atoms with Crippen molar-refractivity contribution < 1.29 is 36.3 Å². The van der Waals surface area contributed by atoms with Gasteiger partial charge in [0, 0.05) is 74.0 Å². The first kappa shape index (κ1) is 32.0. The number of imidazole rings is 1. The second-order valence-electron chi connectivity index (χ2n) is 13.2. The Morgan fingerprint density at radius 1 is 1.06 bits per heavy atom. The molecule has 0 bridgehead atoms. The third-order valence-electron chi connectivity index (χ3n) is 9.97. The third kappa shape index (κ3) is 5.77. The molecule has 0 spiro atoms. The molecule has 3 heterocycles. The molecular weight excluding hydrogens is 641 g/mol. The van der Waals surface area contributed by atoms with Gasteiger partial charge < -0.3 is 31.2 Å². The highest BCUT2D eigenvalue weighted by molar-refractivity contribution is 6.03. The SMILES string of the molecule is Cc1cc(NC(=O)c2ncc(-c3cn(C4CC4(F)F)nc3C(F)(F)F)n2C)ccc1C(=O)N[C@H]1[C@@H]2CN(C(=O)N[C@@H]3CCC[C@@H]3N)C[C@@H]21. The molecule has 1 saturated heterocycles. The molecule has 1 aromatic carbocycles. The molecule has 4 fully saturated rings. The number of urea groups is 1. The number of rotatable bonds is 7. The fourth-order valence-corrected chi connectivity index (χ4v) is 7.04. The number of aromatic nitrogens is 4. The summed E-state index contributed by atoms with van der Waals surface area (Å²) >= 11 is 0. The summed E-state index contributed by atoms with van der Waals surface area (Å²) in [5, 5.41) is 12.1. The summed E-state index contributed by atoms with van der Waals surface area (Å²) in [5.74, 6) is -4.03. The zero-order valence-corrected chi connectivity index (χ0v) is 26.0. The molecule has 48 heavy (non-hydrogen) atoms. The number of amides is 4. The zero-order chi connectivity index (χ0) is 34.3. The number of piperidine rings is 1. The van der Waals surface area contributed by atoms with Crippen molar-refractivity contribution >= 4 is 23.5 Å². The summed E-state index contributed by atoms with van der Waals surface area (Å²) in [6, 6.07) is 3.02. The van der Waals surface area contributed by atoms with E-state index in [1.807, 2.05) is 0 Å². The molecule has 5 N–H and O–H groups in total. The maximum atomic E-state index is 13.8. The molecule has 3 saturated carbocycles. The minimum atomic E-state index is -4.93. The van der Waals surface area contributed by atoms with E-state index in [1.165, 1.54) is 13.1 Å². The number of anilines is 1. The lowest BCUT2D eigenvalue weighted by Gasteiger charge is -2.25. The van der Waals surface area contributed by atoms with Crippen molar-refractivity contribution in [2.75, 3.05) is 18.4 Å². The molecule has 3 aromatic rings. The number of nitrogens with one attached hydrogen (secondary N) is 3. The van der Waals surface area contributed by atoms with Gasteiger partial charge in [0.05, 0.1) is 17.5 Å². The summed E-state index contributed by atoms with van der Waals surface area (Å²) in [6.07, 6.45) is -0.801. The molecule has 17 heteroatoms. The van der Waals surface area contributed by atoms with Crippen LogP contribution in [-0.4, -0.2) is 79.2 Å². The summed E-state index contributed by atoms with van der Waals surface area (Å²) in [4.78, 5) is 44.6. The van der Waals surface area contributed by atoms with Gasteiger partial charge in [0.2, 0.25) is 0 Å². The molecule has 1 unspecified atom stereocenters. The average Bonchev–Trinajstić information content (AvgIpc) is 3.46. The molecule has 12 nitrogen and oxygen atoms in total. The van der Waals surface area contributed by atoms with Gasteiger partial charge in [-0.15, -0.1) is 0 Å². The summed E-state index contributed by atoms with van der Waals surface area (Å²) < 4.78 is 70.2. The number of nitrogens with zero attached hydrogens (tertiary/aromatic N) is 5. The standard InChI is InChI=1S/C31H34F5N9O3/c1-14-8-15(6-7-16(14)27(46)41-24-17-11-44(12-18(17)24)29(48)40-21-5-3-4-20(21)37)39-28(47)26-38-10-22(43(26)2)19-13-45(23-9-30(23,32)33)42-25(19)31(34,35)36/h6-8,10,13,17-18,20-21,23-24H,3-5,9,11-12,37H2,1-2H3,(H,39,47)(H,40,48)(H,41,46)/t17-,18+,20-,21+,23?,24+/m0/s1. The summed E-state index contributed by atoms with van der Waals surface area (Å²) in [6.45, 7) is 2.81. The van der Waals surface area contributed by atoms with Gasteiger partial charge in [-0.05, 0) is 49.9 Å². The highest BCUT2D eigenvalue weighted by Crippen LogP contribution is 2.53. The Hall–Kier alpha value is -4.54. The number of hydrogen-bond donors (Lipinski definition) is 4. The van der Waals surface area contributed by atoms with Gasteiger partial charge in [0.15, 0.2) is 11.5 Å². The fourth-order valence-electron chi connectivity index (χ4n) is 7.04. The van der Waals surface area contributed by atoms with Crippen LogP contribution in [0.25, 0.3) is 11.3 Å². The molecule has 4 amide bonds. The van der Waals surface area contributed by atoms with Gasteiger partial charge >= 0.3 is 12.2 Å². The number of carbonyl (C=O) groups is 3. The number of hydrogen-bond acceptors (Lipinski definition) is 6. The molecule has 6 atom stereocenters. The smallest absolute Gasteiger partial charge is 0.349 e. The van der Waals surface area contributed by atoms with Crippen molar-refractivity contribution in [2.24, 2.45) is 24.6 Å². The fraction of sp³-hybridized carbons (Fsp3) is 0.516. The lowest BCUT2D eigenvalue weighted by atomic mass is 10.1. The van der Waals surface area contributed by atoms with Crippen molar-refractivity contribution in [3.63, 3.8) is 0 Å². The van der Waals surface area contributed by atoms with E-state index in [0.29, 0.717) is 34.6 Å². The normalized spacial score (nSPS) is 27.0. The van der Waals surface area contributed by atoms with Gasteiger partial charge in [-0.2, -0.15) is 18.3 Å². The Balaban J connectivity index is 0.967. The van der Waals surface area contributed by atoms with E-state index >= 15 is 0 Å². The molecule has 7 rings (SSSR count). The van der Waals surface area contributed by atoms with Crippen LogP contribution in [-0.2, 0) is 13.2 Å². The average molecular weight is 676 g/mol. The van der Waals surface area contributed by atoms with Crippen LogP contribution >= 0.6 is 0 Å². The number of carbonyl (C=O) groups excluding carboxylic acids is 3. The van der Waals surface area contributed by atoms with Gasteiger partial charge in [-0.25, -0.2) is 18.6 Å². The predicted molar refractivity (Wildman–Crippen MR) is 161 cm³/mol. The number of halogens is 5. The van der Waals surface area contributed by atoms with Crippen molar-refractivity contribution in [3.05, 3.63) is 53.2 Å². The van der Waals surface area contributed by atoms with Gasteiger partial charge in [0.1, 0.15) is 6.04 Å². The maximum Gasteiger partial charge on any atom is 0.435 e. The van der Waals surface area contributed by atoms with Gasteiger partial charge in [0.25, 0.3) is 17.7 Å². The first-order chi connectivity index (χ1) is 22.6. The first-order valence-electron chi connectivity index (χ1n) is 15.7. The van der Waals surface area contributed by atoms with Gasteiger partial charge in [-0.1, -0.05) is 0 Å². The Labute approximate surface area is 271 Å². The van der Waals surface area contributed by atoms with Gasteiger partial charge in [-0.3, -0.25) is 14.3 Å².